The molecule has 1 aromatic carbocycles. The zero-order valence-electron chi connectivity index (χ0n) is 12.7. The molecular weight excluding hydrogens is 292 g/mol. The molecule has 0 amide bonds. The van der Waals surface area contributed by atoms with Crippen molar-refractivity contribution in [1.82, 2.24) is 10.9 Å². The fraction of sp³-hybridized carbons (Fsp3) is 0.308. The maximum Gasteiger partial charge on any atom is 0.329 e. The molecule has 0 aliphatic rings. The van der Waals surface area contributed by atoms with E-state index >= 15 is 0 Å². The summed E-state index contributed by atoms with van der Waals surface area (Å²) in [5.74, 6) is 0.575. The van der Waals surface area contributed by atoms with Crippen LogP contribution >= 0.6 is 0 Å². The molecule has 0 saturated heterocycles. The summed E-state index contributed by atoms with van der Waals surface area (Å²) in [5.41, 5.74) is 5.07. The smallest absolute Gasteiger partial charge is 0.329 e. The number of guanidine groups is 1. The average molecular weight is 310 g/mol. The number of ether oxygens (including phenoxy) is 3. The lowest BCUT2D eigenvalue weighted by Gasteiger charge is -2.12. The van der Waals surface area contributed by atoms with Crippen molar-refractivity contribution >= 4 is 18.1 Å². The standard InChI is InChI=1S/C13H18N4O5/c1-8(18)22-17-13(14)16-15-7-9-5-10(19-2)12(21-4)11(6-9)20-3/h5-7H,1-4H3,(H3,14,16,17). The van der Waals surface area contributed by atoms with Crippen LogP contribution < -0.4 is 25.1 Å². The van der Waals surface area contributed by atoms with Crippen molar-refractivity contribution in [2.24, 2.45) is 5.10 Å². The Morgan fingerprint density at radius 3 is 2.23 bits per heavy atom. The van der Waals surface area contributed by atoms with E-state index < -0.39 is 5.97 Å². The number of hydrogen-bond donors (Lipinski definition) is 3. The molecule has 0 atom stereocenters. The van der Waals surface area contributed by atoms with Gasteiger partial charge in [0.15, 0.2) is 11.5 Å². The van der Waals surface area contributed by atoms with Gasteiger partial charge in [-0.2, -0.15) is 10.6 Å². The fourth-order valence-corrected chi connectivity index (χ4v) is 1.49. The maximum absolute atomic E-state index is 10.6. The molecule has 0 fully saturated rings. The van der Waals surface area contributed by atoms with Crippen LogP contribution in [0, 0.1) is 5.41 Å². The minimum absolute atomic E-state index is 0.293. The summed E-state index contributed by atoms with van der Waals surface area (Å²) in [6.07, 6.45) is 1.44. The van der Waals surface area contributed by atoms with Gasteiger partial charge in [0.2, 0.25) is 11.7 Å². The summed E-state index contributed by atoms with van der Waals surface area (Å²) in [6.45, 7) is 1.21. The van der Waals surface area contributed by atoms with E-state index in [1.165, 1.54) is 34.5 Å². The molecule has 1 rings (SSSR count). The SMILES string of the molecule is COc1cc(C=NNC(=N)NOC(C)=O)cc(OC)c1OC. The van der Waals surface area contributed by atoms with Crippen molar-refractivity contribution in [1.29, 1.82) is 5.41 Å². The van der Waals surface area contributed by atoms with Crippen LogP contribution in [0.1, 0.15) is 12.5 Å². The Hall–Kier alpha value is -2.97. The molecule has 120 valence electrons. The normalized spacial score (nSPS) is 10.0. The van der Waals surface area contributed by atoms with Crippen molar-refractivity contribution in [3.8, 4) is 17.2 Å². The lowest BCUT2D eigenvalue weighted by atomic mass is 10.2. The zero-order chi connectivity index (χ0) is 16.5. The molecular formula is C13H18N4O5. The van der Waals surface area contributed by atoms with Crippen molar-refractivity contribution < 1.29 is 23.8 Å². The number of hydrazone groups is 1. The monoisotopic (exact) mass is 310 g/mol. The second-order valence-electron chi connectivity index (χ2n) is 3.90. The second kappa shape index (κ2) is 8.35. The first-order valence-electron chi connectivity index (χ1n) is 6.12. The van der Waals surface area contributed by atoms with Crippen molar-refractivity contribution in [2.45, 2.75) is 6.92 Å². The topological polar surface area (TPSA) is 114 Å². The molecule has 9 heteroatoms. The number of carbonyl (C=O) groups excluding carboxylic acids is 1. The highest BCUT2D eigenvalue weighted by molar-refractivity contribution is 5.84. The van der Waals surface area contributed by atoms with Gasteiger partial charge in [0.1, 0.15) is 0 Å². The van der Waals surface area contributed by atoms with E-state index in [1.54, 1.807) is 12.1 Å². The number of hydroxylamine groups is 1. The highest BCUT2D eigenvalue weighted by Gasteiger charge is 2.12. The number of nitrogens with one attached hydrogen (secondary N) is 3. The van der Waals surface area contributed by atoms with Gasteiger partial charge in [-0.3, -0.25) is 10.2 Å². The molecule has 0 spiro atoms. The number of methoxy groups -OCH3 is 3. The Bertz CT molecular complexity index is 549. The van der Waals surface area contributed by atoms with Crippen LogP contribution in [0.2, 0.25) is 0 Å². The van der Waals surface area contributed by atoms with Gasteiger partial charge >= 0.3 is 5.97 Å². The van der Waals surface area contributed by atoms with Crippen molar-refractivity contribution in [2.75, 3.05) is 21.3 Å². The number of hydrogen-bond acceptors (Lipinski definition) is 7. The molecule has 0 bridgehead atoms. The van der Waals surface area contributed by atoms with Gasteiger partial charge in [0.25, 0.3) is 0 Å². The predicted octanol–water partition coefficient (Wildman–Crippen LogP) is 0.638. The third-order valence-corrected chi connectivity index (χ3v) is 2.37. The van der Waals surface area contributed by atoms with E-state index in [9.17, 15) is 4.79 Å². The van der Waals surface area contributed by atoms with Crippen molar-refractivity contribution in [3.05, 3.63) is 17.7 Å². The van der Waals surface area contributed by atoms with E-state index in [0.717, 1.165) is 0 Å². The zero-order valence-corrected chi connectivity index (χ0v) is 12.7. The third kappa shape index (κ3) is 4.85. The summed E-state index contributed by atoms with van der Waals surface area (Å²) in [4.78, 5) is 15.0. The number of carbonyl (C=O) groups is 1. The average Bonchev–Trinajstić information content (AvgIpc) is 2.51. The molecule has 1 aromatic rings. The lowest BCUT2D eigenvalue weighted by Crippen LogP contribution is -2.34. The predicted molar refractivity (Wildman–Crippen MR) is 79.5 cm³/mol. The summed E-state index contributed by atoms with van der Waals surface area (Å²) in [7, 11) is 4.53. The number of rotatable bonds is 5. The van der Waals surface area contributed by atoms with E-state index in [0.29, 0.717) is 22.8 Å². The Morgan fingerprint density at radius 2 is 1.77 bits per heavy atom. The van der Waals surface area contributed by atoms with Crippen LogP contribution in [0.4, 0.5) is 0 Å². The molecule has 0 aromatic heterocycles. The van der Waals surface area contributed by atoms with Gasteiger partial charge in [0, 0.05) is 12.5 Å². The summed E-state index contributed by atoms with van der Waals surface area (Å²) >= 11 is 0. The number of nitrogens with zero attached hydrogens (tertiary/aromatic N) is 1. The van der Waals surface area contributed by atoms with Crippen LogP contribution in [0.25, 0.3) is 0 Å². The van der Waals surface area contributed by atoms with Crippen molar-refractivity contribution in [3.63, 3.8) is 0 Å². The largest absolute Gasteiger partial charge is 0.493 e. The van der Waals surface area contributed by atoms with Crippen LogP contribution in [0.5, 0.6) is 17.2 Å². The molecule has 0 radical (unpaired) electrons. The third-order valence-electron chi connectivity index (χ3n) is 2.37. The lowest BCUT2D eigenvalue weighted by molar-refractivity contribution is -0.145. The molecule has 9 nitrogen and oxygen atoms in total. The molecule has 0 unspecified atom stereocenters. The van der Waals surface area contributed by atoms with E-state index in [-0.39, 0.29) is 5.96 Å². The van der Waals surface area contributed by atoms with Crippen LogP contribution in [-0.4, -0.2) is 39.5 Å². The van der Waals surface area contributed by atoms with Gasteiger partial charge < -0.3 is 19.0 Å². The molecule has 22 heavy (non-hydrogen) atoms. The highest BCUT2D eigenvalue weighted by atomic mass is 16.7. The molecule has 0 heterocycles. The first-order chi connectivity index (χ1) is 10.5. The van der Waals surface area contributed by atoms with E-state index in [2.05, 4.69) is 20.8 Å². The first-order valence-corrected chi connectivity index (χ1v) is 6.12. The molecule has 0 aliphatic heterocycles. The Balaban J connectivity index is 2.78. The number of benzene rings is 1. The second-order valence-corrected chi connectivity index (χ2v) is 3.90. The molecule has 0 aliphatic carbocycles. The summed E-state index contributed by atoms with van der Waals surface area (Å²) < 4.78 is 15.6. The molecule has 3 N–H and O–H groups in total. The minimum Gasteiger partial charge on any atom is -0.493 e. The first kappa shape index (κ1) is 17.1. The van der Waals surface area contributed by atoms with E-state index in [4.69, 9.17) is 19.6 Å². The Kier molecular flexibility index (Phi) is 6.48. The van der Waals surface area contributed by atoms with Gasteiger partial charge in [-0.15, -0.1) is 0 Å². The van der Waals surface area contributed by atoms with Crippen LogP contribution in [0.3, 0.4) is 0 Å². The fourth-order valence-electron chi connectivity index (χ4n) is 1.49. The quantitative estimate of drug-likeness (QED) is 0.415. The molecule has 0 saturated carbocycles. The Labute approximate surface area is 127 Å². The van der Waals surface area contributed by atoms with Crippen LogP contribution in [0.15, 0.2) is 17.2 Å². The summed E-state index contributed by atoms with van der Waals surface area (Å²) in [6, 6.07) is 3.38. The van der Waals surface area contributed by atoms with Crippen LogP contribution in [-0.2, 0) is 9.63 Å². The van der Waals surface area contributed by atoms with Gasteiger partial charge in [0.05, 0.1) is 27.5 Å². The minimum atomic E-state index is -0.569. The Morgan fingerprint density at radius 1 is 1.18 bits per heavy atom. The maximum atomic E-state index is 10.6. The van der Waals surface area contributed by atoms with E-state index in [1.807, 2.05) is 0 Å². The highest BCUT2D eigenvalue weighted by Crippen LogP contribution is 2.37. The van der Waals surface area contributed by atoms with Gasteiger partial charge in [-0.25, -0.2) is 5.43 Å². The van der Waals surface area contributed by atoms with Gasteiger partial charge in [-0.05, 0) is 12.1 Å². The summed E-state index contributed by atoms with van der Waals surface area (Å²) in [5, 5.41) is 11.2. The van der Waals surface area contributed by atoms with Gasteiger partial charge in [-0.1, -0.05) is 0 Å².